The number of anilines is 5. The van der Waals surface area contributed by atoms with Gasteiger partial charge in [0.2, 0.25) is 17.7 Å². The molecule has 6 heterocycles. The average Bonchev–Trinajstić information content (AvgIpc) is 4.06. The maximum atomic E-state index is 14.7. The van der Waals surface area contributed by atoms with Gasteiger partial charge in [-0.25, -0.2) is 8.78 Å². The van der Waals surface area contributed by atoms with E-state index in [4.69, 9.17) is 5.10 Å². The number of aromatic nitrogens is 4. The summed E-state index contributed by atoms with van der Waals surface area (Å²) in [4.78, 5) is 67.1. The number of rotatable bonds is 16. The number of nitrogens with one attached hydrogen (secondary N) is 4. The van der Waals surface area contributed by atoms with Crippen molar-refractivity contribution in [3.63, 3.8) is 0 Å². The molecule has 2 aromatic carbocycles. The standard InChI is InChI=1S/C46H54F2N12O6S/c1-28(61)52-38-22-32(8-9-34(38)46(64)53-42-10-11-43(67-42)60(65)66)49-15-4-5-16-50-41(63)27-56-18-12-33(13-19-56)59-39-14-20-57(29(2)62)26-37(39)45(54-59)58-17-6-7-30-21-35(31-24-51-55(3)25-31)36(44(47)48)23-40(30)58/h8-11,21-25,33,44,49H,4-7,12-20,26-27H2,1-3H3,(H,50,63)(H,52,61)(H,53,64). The predicted molar refractivity (Wildman–Crippen MR) is 251 cm³/mol. The number of halogens is 2. The van der Waals surface area contributed by atoms with Crippen LogP contribution in [0.3, 0.4) is 0 Å². The first-order valence-electron chi connectivity index (χ1n) is 22.5. The third-order valence-corrected chi connectivity index (χ3v) is 13.4. The van der Waals surface area contributed by atoms with E-state index in [-0.39, 0.29) is 46.4 Å². The molecule has 0 spiro atoms. The van der Waals surface area contributed by atoms with Gasteiger partial charge in [-0.15, -0.1) is 0 Å². The maximum Gasteiger partial charge on any atom is 0.326 e. The Balaban J connectivity index is 0.841. The second-order valence-electron chi connectivity index (χ2n) is 17.2. The van der Waals surface area contributed by atoms with Crippen molar-refractivity contribution in [3.05, 3.63) is 92.9 Å². The van der Waals surface area contributed by atoms with Crippen LogP contribution in [0.5, 0.6) is 0 Å². The van der Waals surface area contributed by atoms with Crippen LogP contribution in [0.25, 0.3) is 11.1 Å². The van der Waals surface area contributed by atoms with Crippen molar-refractivity contribution in [3.8, 4) is 11.1 Å². The van der Waals surface area contributed by atoms with Crippen molar-refractivity contribution in [2.45, 2.75) is 77.8 Å². The van der Waals surface area contributed by atoms with E-state index in [1.54, 1.807) is 55.3 Å². The van der Waals surface area contributed by atoms with Crippen molar-refractivity contribution in [1.82, 2.24) is 34.7 Å². The molecule has 3 aliphatic rings. The topological polar surface area (TPSA) is 205 Å². The number of carbonyl (C=O) groups is 4. The number of aryl methyl sites for hydroxylation is 2. The SMILES string of the molecule is CC(=O)Nc1cc(NCCCCNC(=O)CN2CCC(n3nc(N4CCCc5cc(-c6cnn(C)c6)c(C(F)F)cc54)c4c3CCN(C(C)=O)C4)CC2)ccc1C(=O)Nc1ccc([N+](=O)[O-])s1. The first kappa shape index (κ1) is 46.8. The highest BCUT2D eigenvalue weighted by molar-refractivity contribution is 7.19. The Morgan fingerprint density at radius 1 is 0.970 bits per heavy atom. The number of hydrogen-bond donors (Lipinski definition) is 4. The molecule has 0 atom stereocenters. The lowest BCUT2D eigenvalue weighted by atomic mass is 9.92. The van der Waals surface area contributed by atoms with Crippen LogP contribution < -0.4 is 26.2 Å². The summed E-state index contributed by atoms with van der Waals surface area (Å²) in [7, 11) is 1.77. The van der Waals surface area contributed by atoms with Crippen LogP contribution in [-0.2, 0) is 40.8 Å². The number of piperidine rings is 1. The normalized spacial score (nSPS) is 15.3. The van der Waals surface area contributed by atoms with Gasteiger partial charge in [0.15, 0.2) is 5.82 Å². The summed E-state index contributed by atoms with van der Waals surface area (Å²) in [6.07, 6.45) is 5.88. The van der Waals surface area contributed by atoms with Crippen LogP contribution in [0.1, 0.15) is 91.2 Å². The zero-order valence-electron chi connectivity index (χ0n) is 37.6. The number of alkyl halides is 2. The van der Waals surface area contributed by atoms with Crippen LogP contribution in [0, 0.1) is 10.1 Å². The predicted octanol–water partition coefficient (Wildman–Crippen LogP) is 7.04. The van der Waals surface area contributed by atoms with E-state index in [1.165, 1.54) is 19.1 Å². The maximum absolute atomic E-state index is 14.7. The average molecular weight is 941 g/mol. The minimum Gasteiger partial charge on any atom is -0.385 e. The third-order valence-electron chi connectivity index (χ3n) is 12.5. The minimum absolute atomic E-state index is 0.0213. The Hall–Kier alpha value is -6.74. The summed E-state index contributed by atoms with van der Waals surface area (Å²) in [5.74, 6) is -0.244. The number of likely N-dealkylation sites (tertiary alicyclic amines) is 1. The molecule has 8 rings (SSSR count). The number of amides is 4. The van der Waals surface area contributed by atoms with Crippen LogP contribution in [-0.4, -0.2) is 104 Å². The Morgan fingerprint density at radius 2 is 1.76 bits per heavy atom. The Bertz CT molecular complexity index is 2670. The molecule has 0 bridgehead atoms. The zero-order valence-corrected chi connectivity index (χ0v) is 38.5. The molecule has 0 radical (unpaired) electrons. The highest BCUT2D eigenvalue weighted by atomic mass is 32.1. The van der Waals surface area contributed by atoms with Gasteiger partial charge in [-0.1, -0.05) is 0 Å². The van der Waals surface area contributed by atoms with E-state index in [0.29, 0.717) is 85.6 Å². The van der Waals surface area contributed by atoms with Gasteiger partial charge in [0.1, 0.15) is 5.00 Å². The first-order valence-corrected chi connectivity index (χ1v) is 23.3. The quantitative estimate of drug-likeness (QED) is 0.0449. The summed E-state index contributed by atoms with van der Waals surface area (Å²) in [6.45, 7) is 7.23. The molecule has 1 saturated heterocycles. The molecule has 3 aromatic heterocycles. The minimum atomic E-state index is -2.69. The zero-order chi connectivity index (χ0) is 47.4. The van der Waals surface area contributed by atoms with Gasteiger partial charge < -0.3 is 31.1 Å². The molecular formula is C46H54F2N12O6S. The summed E-state index contributed by atoms with van der Waals surface area (Å²) >= 11 is 0.834. The number of nitrogens with zero attached hydrogens (tertiary/aromatic N) is 8. The smallest absolute Gasteiger partial charge is 0.326 e. The lowest BCUT2D eigenvalue weighted by Gasteiger charge is -2.33. The first-order chi connectivity index (χ1) is 32.2. The van der Waals surface area contributed by atoms with Gasteiger partial charge in [0.05, 0.1) is 41.5 Å². The number of nitro groups is 1. The van der Waals surface area contributed by atoms with Crippen molar-refractivity contribution in [2.75, 3.05) is 66.7 Å². The molecule has 1 fully saturated rings. The Morgan fingerprint density at radius 3 is 2.46 bits per heavy atom. The fourth-order valence-electron chi connectivity index (χ4n) is 9.18. The monoisotopic (exact) mass is 940 g/mol. The van der Waals surface area contributed by atoms with Gasteiger partial charge in [-0.3, -0.25) is 43.6 Å². The van der Waals surface area contributed by atoms with Gasteiger partial charge in [-0.2, -0.15) is 10.2 Å². The van der Waals surface area contributed by atoms with E-state index in [1.807, 2.05) is 11.0 Å². The molecule has 21 heteroatoms. The van der Waals surface area contributed by atoms with Gasteiger partial charge >= 0.3 is 5.00 Å². The molecule has 0 saturated carbocycles. The van der Waals surface area contributed by atoms with Crippen molar-refractivity contribution >= 4 is 67.8 Å². The van der Waals surface area contributed by atoms with Gasteiger partial charge in [0, 0.05) is 113 Å². The van der Waals surface area contributed by atoms with Crippen molar-refractivity contribution in [2.24, 2.45) is 7.05 Å². The van der Waals surface area contributed by atoms with E-state index >= 15 is 0 Å². The molecule has 354 valence electrons. The van der Waals surface area contributed by atoms with Crippen molar-refractivity contribution in [1.29, 1.82) is 0 Å². The second kappa shape index (κ2) is 20.4. The largest absolute Gasteiger partial charge is 0.385 e. The summed E-state index contributed by atoms with van der Waals surface area (Å²) in [6, 6.07) is 11.3. The van der Waals surface area contributed by atoms with E-state index in [9.17, 15) is 38.1 Å². The summed E-state index contributed by atoms with van der Waals surface area (Å²) < 4.78 is 33.1. The van der Waals surface area contributed by atoms with E-state index in [0.717, 1.165) is 72.4 Å². The number of fused-ring (bicyclic) bond motifs is 2. The fraction of sp³-hybridized carbons (Fsp3) is 0.435. The van der Waals surface area contributed by atoms with E-state index in [2.05, 4.69) is 40.8 Å². The summed E-state index contributed by atoms with van der Waals surface area (Å²) in [5, 5.41) is 32.4. The summed E-state index contributed by atoms with van der Waals surface area (Å²) in [5.41, 5.74) is 5.97. The molecule has 5 aromatic rings. The molecular weight excluding hydrogens is 887 g/mol. The third kappa shape index (κ3) is 10.8. The lowest BCUT2D eigenvalue weighted by molar-refractivity contribution is -0.380. The van der Waals surface area contributed by atoms with Crippen LogP contribution >= 0.6 is 11.3 Å². The molecule has 0 aliphatic carbocycles. The Labute approximate surface area is 389 Å². The van der Waals surface area contributed by atoms with Gasteiger partial charge in [-0.05, 0) is 97.4 Å². The lowest BCUT2D eigenvalue weighted by Crippen LogP contribution is -2.42. The van der Waals surface area contributed by atoms with Crippen LogP contribution in [0.4, 0.5) is 41.7 Å². The number of benzene rings is 2. The molecule has 18 nitrogen and oxygen atoms in total. The van der Waals surface area contributed by atoms with Crippen LogP contribution in [0.15, 0.2) is 54.9 Å². The number of hydrogen-bond acceptors (Lipinski definition) is 12. The molecule has 0 unspecified atom stereocenters. The number of thiophene rings is 1. The van der Waals surface area contributed by atoms with Crippen molar-refractivity contribution < 1.29 is 32.9 Å². The number of carbonyl (C=O) groups excluding carboxylic acids is 4. The fourth-order valence-corrected chi connectivity index (χ4v) is 9.90. The highest BCUT2D eigenvalue weighted by Crippen LogP contribution is 2.44. The second-order valence-corrected chi connectivity index (χ2v) is 18.3. The molecule has 4 amide bonds. The highest BCUT2D eigenvalue weighted by Gasteiger charge is 2.35. The molecule has 3 aliphatic heterocycles. The molecule has 67 heavy (non-hydrogen) atoms. The number of unbranched alkanes of at least 4 members (excludes halogenated alkanes) is 1. The van der Waals surface area contributed by atoms with Crippen LogP contribution in [0.2, 0.25) is 0 Å². The molecule has 4 N–H and O–H groups in total. The Kier molecular flexibility index (Phi) is 14.3. The van der Waals surface area contributed by atoms with Gasteiger partial charge in [0.25, 0.3) is 12.3 Å². The van der Waals surface area contributed by atoms with E-state index < -0.39 is 17.3 Å².